The van der Waals surface area contributed by atoms with Gasteiger partial charge in [0.25, 0.3) is 0 Å². The Hall–Kier alpha value is -0.530. The topological polar surface area (TPSA) is 26.3 Å². The molecule has 2 nitrogen and oxygen atoms in total. The van der Waals surface area contributed by atoms with Crippen LogP contribution in [0.4, 0.5) is 0 Å². The Morgan fingerprint density at radius 2 is 1.69 bits per heavy atom. The lowest BCUT2D eigenvalue weighted by Gasteiger charge is -2.20. The van der Waals surface area contributed by atoms with Crippen molar-refractivity contribution in [1.82, 2.24) is 0 Å². The number of cyclic esters (lactones) is 1. The average molecular weight is 182 g/mol. The number of carbonyl (C=O) groups is 1. The fraction of sp³-hybridized carbons (Fsp3) is 0.909. The lowest BCUT2D eigenvalue weighted by atomic mass is 9.92. The Labute approximate surface area is 79.7 Å². The number of rotatable bonds is 1. The molecular weight excluding hydrogens is 164 g/mol. The largest absolute Gasteiger partial charge is 0.462 e. The summed E-state index contributed by atoms with van der Waals surface area (Å²) in [7, 11) is 0. The lowest BCUT2D eigenvalue weighted by molar-refractivity contribution is -0.143. The van der Waals surface area contributed by atoms with Crippen molar-refractivity contribution >= 4 is 5.97 Å². The predicted octanol–water partition coefficient (Wildman–Crippen LogP) is 2.66. The number of esters is 1. The van der Waals surface area contributed by atoms with Gasteiger partial charge in [-0.05, 0) is 25.2 Å². The average Bonchev–Trinajstić information content (AvgIpc) is 2.43. The molecule has 1 saturated carbocycles. The van der Waals surface area contributed by atoms with Gasteiger partial charge in [0.1, 0.15) is 6.10 Å². The van der Waals surface area contributed by atoms with E-state index in [-0.39, 0.29) is 12.1 Å². The zero-order chi connectivity index (χ0) is 9.10. The third-order valence-electron chi connectivity index (χ3n) is 3.34. The molecule has 1 aliphatic carbocycles. The molecule has 0 aromatic carbocycles. The summed E-state index contributed by atoms with van der Waals surface area (Å²) in [6.07, 6.45) is 9.86. The zero-order valence-corrected chi connectivity index (χ0v) is 8.13. The first-order valence-electron chi connectivity index (χ1n) is 5.56. The van der Waals surface area contributed by atoms with E-state index in [0.29, 0.717) is 12.3 Å². The van der Waals surface area contributed by atoms with Gasteiger partial charge in [-0.1, -0.05) is 25.7 Å². The molecule has 0 aromatic heterocycles. The summed E-state index contributed by atoms with van der Waals surface area (Å²) < 4.78 is 5.32. The minimum Gasteiger partial charge on any atom is -0.462 e. The van der Waals surface area contributed by atoms with Crippen LogP contribution in [0.25, 0.3) is 0 Å². The molecule has 0 aromatic rings. The second kappa shape index (κ2) is 4.12. The molecule has 1 unspecified atom stereocenters. The van der Waals surface area contributed by atoms with E-state index in [0.717, 1.165) is 6.42 Å². The Bertz CT molecular complexity index is 181. The quantitative estimate of drug-likeness (QED) is 0.460. The number of hydrogen-bond donors (Lipinski definition) is 0. The summed E-state index contributed by atoms with van der Waals surface area (Å²) in [6, 6.07) is 0. The van der Waals surface area contributed by atoms with E-state index < -0.39 is 0 Å². The summed E-state index contributed by atoms with van der Waals surface area (Å²) in [5.74, 6) is 0.697. The van der Waals surface area contributed by atoms with E-state index in [1.807, 2.05) is 0 Å². The maximum absolute atomic E-state index is 11.0. The maximum atomic E-state index is 11.0. The highest BCUT2D eigenvalue weighted by Gasteiger charge is 2.30. The molecule has 0 amide bonds. The molecular formula is C11H18O2. The number of hydrogen-bond acceptors (Lipinski definition) is 2. The van der Waals surface area contributed by atoms with Gasteiger partial charge < -0.3 is 4.74 Å². The highest BCUT2D eigenvalue weighted by Crippen LogP contribution is 2.31. The molecule has 1 heterocycles. The molecule has 0 N–H and O–H groups in total. The highest BCUT2D eigenvalue weighted by atomic mass is 16.5. The van der Waals surface area contributed by atoms with E-state index in [1.165, 1.54) is 38.5 Å². The van der Waals surface area contributed by atoms with Crippen LogP contribution < -0.4 is 0 Å². The molecule has 13 heavy (non-hydrogen) atoms. The molecule has 74 valence electrons. The van der Waals surface area contributed by atoms with E-state index in [1.54, 1.807) is 0 Å². The monoisotopic (exact) mass is 182 g/mol. The molecule has 2 heteroatoms. The normalized spacial score (nSPS) is 31.4. The van der Waals surface area contributed by atoms with Gasteiger partial charge in [0.15, 0.2) is 0 Å². The predicted molar refractivity (Wildman–Crippen MR) is 50.3 cm³/mol. The molecule has 2 fully saturated rings. The van der Waals surface area contributed by atoms with Crippen LogP contribution in [0.15, 0.2) is 0 Å². The molecule has 0 bridgehead atoms. The zero-order valence-electron chi connectivity index (χ0n) is 8.13. The minimum atomic E-state index is 0.0225. The molecule has 2 rings (SSSR count). The van der Waals surface area contributed by atoms with Crippen LogP contribution in [-0.2, 0) is 9.53 Å². The van der Waals surface area contributed by atoms with E-state index in [4.69, 9.17) is 4.74 Å². The standard InChI is InChI=1S/C11H18O2/c12-11-8-7-10(13-11)9-5-3-1-2-4-6-9/h9-10H,1-8H2. The van der Waals surface area contributed by atoms with Crippen LogP contribution in [-0.4, -0.2) is 12.1 Å². The Morgan fingerprint density at radius 3 is 2.23 bits per heavy atom. The lowest BCUT2D eigenvalue weighted by Crippen LogP contribution is -2.19. The van der Waals surface area contributed by atoms with Gasteiger partial charge >= 0.3 is 5.97 Å². The third kappa shape index (κ3) is 2.23. The van der Waals surface area contributed by atoms with Crippen molar-refractivity contribution in [3.05, 3.63) is 0 Å². The number of ether oxygens (including phenoxy) is 1. The van der Waals surface area contributed by atoms with Crippen LogP contribution in [0.1, 0.15) is 51.4 Å². The van der Waals surface area contributed by atoms with Gasteiger partial charge in [0, 0.05) is 6.42 Å². The smallest absolute Gasteiger partial charge is 0.306 e. The first-order valence-corrected chi connectivity index (χ1v) is 5.56. The first kappa shape index (κ1) is 9.04. The van der Waals surface area contributed by atoms with Gasteiger partial charge in [-0.15, -0.1) is 0 Å². The van der Waals surface area contributed by atoms with Gasteiger partial charge in [0.2, 0.25) is 0 Å². The number of carbonyl (C=O) groups excluding carboxylic acids is 1. The maximum Gasteiger partial charge on any atom is 0.306 e. The SMILES string of the molecule is O=C1CCC(C2CCCCCC2)O1. The molecule has 2 aliphatic rings. The van der Waals surface area contributed by atoms with Crippen molar-refractivity contribution in [2.75, 3.05) is 0 Å². The van der Waals surface area contributed by atoms with Crippen LogP contribution in [0, 0.1) is 5.92 Å². The summed E-state index contributed by atoms with van der Waals surface area (Å²) in [5.41, 5.74) is 0. The highest BCUT2D eigenvalue weighted by molar-refractivity contribution is 5.71. The minimum absolute atomic E-state index is 0.0225. The van der Waals surface area contributed by atoms with Crippen LogP contribution in [0.3, 0.4) is 0 Å². The Kier molecular flexibility index (Phi) is 2.87. The molecule has 0 spiro atoms. The Balaban J connectivity index is 1.87. The van der Waals surface area contributed by atoms with Gasteiger partial charge in [-0.25, -0.2) is 0 Å². The van der Waals surface area contributed by atoms with E-state index >= 15 is 0 Å². The van der Waals surface area contributed by atoms with Gasteiger partial charge in [-0.2, -0.15) is 0 Å². The second-order valence-corrected chi connectivity index (χ2v) is 4.32. The fourth-order valence-corrected chi connectivity index (χ4v) is 2.56. The first-order chi connectivity index (χ1) is 6.36. The van der Waals surface area contributed by atoms with Crippen molar-refractivity contribution in [1.29, 1.82) is 0 Å². The molecule has 1 aliphatic heterocycles. The van der Waals surface area contributed by atoms with Crippen molar-refractivity contribution < 1.29 is 9.53 Å². The Morgan fingerprint density at radius 1 is 1.00 bits per heavy atom. The molecule has 1 saturated heterocycles. The van der Waals surface area contributed by atoms with Crippen molar-refractivity contribution in [3.63, 3.8) is 0 Å². The fourth-order valence-electron chi connectivity index (χ4n) is 2.56. The van der Waals surface area contributed by atoms with Crippen molar-refractivity contribution in [2.24, 2.45) is 5.92 Å². The van der Waals surface area contributed by atoms with Crippen molar-refractivity contribution in [2.45, 2.75) is 57.5 Å². The van der Waals surface area contributed by atoms with Crippen LogP contribution in [0.2, 0.25) is 0 Å². The summed E-state index contributed by atoms with van der Waals surface area (Å²) in [6.45, 7) is 0. The summed E-state index contributed by atoms with van der Waals surface area (Å²) >= 11 is 0. The van der Waals surface area contributed by atoms with Gasteiger partial charge in [-0.3, -0.25) is 4.79 Å². The van der Waals surface area contributed by atoms with E-state index in [9.17, 15) is 4.79 Å². The third-order valence-corrected chi connectivity index (χ3v) is 3.34. The van der Waals surface area contributed by atoms with Gasteiger partial charge in [0.05, 0.1) is 0 Å². The summed E-state index contributed by atoms with van der Waals surface area (Å²) in [4.78, 5) is 11.0. The molecule has 0 radical (unpaired) electrons. The van der Waals surface area contributed by atoms with Crippen molar-refractivity contribution in [3.8, 4) is 0 Å². The second-order valence-electron chi connectivity index (χ2n) is 4.32. The van der Waals surface area contributed by atoms with Crippen LogP contribution >= 0.6 is 0 Å². The summed E-state index contributed by atoms with van der Waals surface area (Å²) in [5, 5.41) is 0. The van der Waals surface area contributed by atoms with E-state index in [2.05, 4.69) is 0 Å². The van der Waals surface area contributed by atoms with Crippen LogP contribution in [0.5, 0.6) is 0 Å². The molecule has 1 atom stereocenters.